The van der Waals surface area contributed by atoms with Crippen LogP contribution in [0, 0.1) is 0 Å². The lowest BCUT2D eigenvalue weighted by molar-refractivity contribution is -0.120. The Hall–Kier alpha value is -2.28. The fourth-order valence-corrected chi connectivity index (χ4v) is 2.74. The number of nitrogens with one attached hydrogen (secondary N) is 2. The van der Waals surface area contributed by atoms with Gasteiger partial charge in [-0.05, 0) is 18.6 Å². The topological polar surface area (TPSA) is 84.0 Å². The van der Waals surface area contributed by atoms with Gasteiger partial charge in [-0.3, -0.25) is 14.6 Å². The van der Waals surface area contributed by atoms with Crippen LogP contribution in [0.1, 0.15) is 16.1 Å². The maximum Gasteiger partial charge on any atom is 0.263 e. The third kappa shape index (κ3) is 2.53. The first-order valence-electron chi connectivity index (χ1n) is 6.20. The lowest BCUT2D eigenvalue weighted by Crippen LogP contribution is -2.39. The van der Waals surface area contributed by atoms with Gasteiger partial charge in [0.1, 0.15) is 15.9 Å². The largest absolute Gasteiger partial charge is 0.354 e. The van der Waals surface area contributed by atoms with Crippen molar-refractivity contribution >= 4 is 23.2 Å². The molecule has 3 rings (SSSR count). The van der Waals surface area contributed by atoms with E-state index in [0.29, 0.717) is 22.9 Å². The molecule has 2 aromatic rings. The van der Waals surface area contributed by atoms with Crippen molar-refractivity contribution < 1.29 is 9.59 Å². The molecule has 1 atom stereocenters. The van der Waals surface area contributed by atoms with Crippen molar-refractivity contribution in [2.75, 3.05) is 6.54 Å². The molecule has 1 fully saturated rings. The van der Waals surface area contributed by atoms with Crippen LogP contribution in [0.4, 0.5) is 0 Å². The van der Waals surface area contributed by atoms with Crippen LogP contribution in [0.5, 0.6) is 0 Å². The van der Waals surface area contributed by atoms with Crippen molar-refractivity contribution in [1.82, 2.24) is 20.6 Å². The van der Waals surface area contributed by atoms with Gasteiger partial charge in [-0.2, -0.15) is 0 Å². The zero-order valence-electron chi connectivity index (χ0n) is 10.5. The van der Waals surface area contributed by atoms with Gasteiger partial charge in [0, 0.05) is 12.7 Å². The molecule has 0 aliphatic carbocycles. The monoisotopic (exact) mass is 288 g/mol. The molecule has 1 unspecified atom stereocenters. The third-order valence-corrected chi connectivity index (χ3v) is 3.99. The predicted octanol–water partition coefficient (Wildman–Crippen LogP) is 0.823. The van der Waals surface area contributed by atoms with Gasteiger partial charge in [-0.25, -0.2) is 4.98 Å². The Morgan fingerprint density at radius 3 is 3.00 bits per heavy atom. The first-order valence-corrected chi connectivity index (χ1v) is 7.01. The van der Waals surface area contributed by atoms with Gasteiger partial charge in [0.15, 0.2) is 0 Å². The van der Waals surface area contributed by atoms with Crippen LogP contribution in [0.25, 0.3) is 10.7 Å². The van der Waals surface area contributed by atoms with E-state index in [2.05, 4.69) is 20.6 Å². The Morgan fingerprint density at radius 1 is 1.40 bits per heavy atom. The molecule has 0 spiro atoms. The Balaban J connectivity index is 1.73. The minimum atomic E-state index is -0.442. The average Bonchev–Trinajstić information content (AvgIpc) is 3.10. The summed E-state index contributed by atoms with van der Waals surface area (Å²) in [6, 6.07) is 5.09. The summed E-state index contributed by atoms with van der Waals surface area (Å²) in [5, 5.41) is 6.08. The predicted molar refractivity (Wildman–Crippen MR) is 74.2 cm³/mol. The molecule has 7 heteroatoms. The summed E-state index contributed by atoms with van der Waals surface area (Å²) >= 11 is 1.26. The molecule has 3 heterocycles. The molecule has 102 valence electrons. The van der Waals surface area contributed by atoms with Gasteiger partial charge in [-0.1, -0.05) is 6.07 Å². The fraction of sp³-hybridized carbons (Fsp3) is 0.231. The Labute approximate surface area is 119 Å². The van der Waals surface area contributed by atoms with Gasteiger partial charge in [-0.15, -0.1) is 11.3 Å². The van der Waals surface area contributed by atoms with Gasteiger partial charge in [0.05, 0.1) is 11.9 Å². The minimum absolute atomic E-state index is 0.132. The normalized spacial score (nSPS) is 17.8. The highest BCUT2D eigenvalue weighted by atomic mass is 32.1. The molecular formula is C13H12N4O2S. The highest BCUT2D eigenvalue weighted by molar-refractivity contribution is 7.16. The highest BCUT2D eigenvalue weighted by Gasteiger charge is 2.26. The Bertz CT molecular complexity index is 641. The molecule has 0 aromatic carbocycles. The van der Waals surface area contributed by atoms with Crippen LogP contribution in [0.2, 0.25) is 0 Å². The Kier molecular flexibility index (Phi) is 3.42. The number of aromatic nitrogens is 2. The second-order valence-electron chi connectivity index (χ2n) is 4.35. The van der Waals surface area contributed by atoms with Crippen molar-refractivity contribution in [3.63, 3.8) is 0 Å². The maximum absolute atomic E-state index is 12.0. The van der Waals surface area contributed by atoms with Crippen molar-refractivity contribution in [3.05, 3.63) is 35.5 Å². The van der Waals surface area contributed by atoms with Crippen molar-refractivity contribution in [1.29, 1.82) is 0 Å². The zero-order valence-corrected chi connectivity index (χ0v) is 11.3. The van der Waals surface area contributed by atoms with Crippen LogP contribution in [-0.2, 0) is 4.79 Å². The number of pyridine rings is 1. The number of hydrogen-bond donors (Lipinski definition) is 2. The van der Waals surface area contributed by atoms with E-state index < -0.39 is 6.04 Å². The number of thiazole rings is 1. The van der Waals surface area contributed by atoms with Crippen LogP contribution >= 0.6 is 11.3 Å². The van der Waals surface area contributed by atoms with Gasteiger partial charge in [0.25, 0.3) is 5.91 Å². The summed E-state index contributed by atoms with van der Waals surface area (Å²) in [6.45, 7) is 0.603. The maximum atomic E-state index is 12.0. The van der Waals surface area contributed by atoms with E-state index in [4.69, 9.17) is 0 Å². The van der Waals surface area contributed by atoms with E-state index in [9.17, 15) is 9.59 Å². The fourth-order valence-electron chi connectivity index (χ4n) is 1.95. The summed E-state index contributed by atoms with van der Waals surface area (Å²) < 4.78 is 0. The van der Waals surface area contributed by atoms with Crippen molar-refractivity contribution in [2.24, 2.45) is 0 Å². The second-order valence-corrected chi connectivity index (χ2v) is 5.38. The van der Waals surface area contributed by atoms with Crippen molar-refractivity contribution in [2.45, 2.75) is 12.5 Å². The molecule has 0 radical (unpaired) electrons. The van der Waals surface area contributed by atoms with Crippen molar-refractivity contribution in [3.8, 4) is 10.7 Å². The van der Waals surface area contributed by atoms with Crippen LogP contribution < -0.4 is 10.6 Å². The third-order valence-electron chi connectivity index (χ3n) is 2.97. The SMILES string of the molecule is O=C(NC1CCNC1=O)c1cnc(-c2ccccn2)s1. The first-order chi connectivity index (χ1) is 9.74. The summed E-state index contributed by atoms with van der Waals surface area (Å²) in [7, 11) is 0. The van der Waals surface area contributed by atoms with E-state index in [1.807, 2.05) is 18.2 Å². The number of hydrogen-bond acceptors (Lipinski definition) is 5. The quantitative estimate of drug-likeness (QED) is 0.876. The standard InChI is InChI=1S/C13H12N4O2S/c18-11-8(4-6-15-11)17-12(19)10-7-16-13(20-10)9-3-1-2-5-14-9/h1-3,5,7-8H,4,6H2,(H,15,18)(H,17,19). The van der Waals surface area contributed by atoms with Gasteiger partial charge < -0.3 is 10.6 Å². The zero-order chi connectivity index (χ0) is 13.9. The highest BCUT2D eigenvalue weighted by Crippen LogP contribution is 2.23. The molecule has 6 nitrogen and oxygen atoms in total. The van der Waals surface area contributed by atoms with E-state index >= 15 is 0 Å². The molecule has 0 bridgehead atoms. The molecule has 20 heavy (non-hydrogen) atoms. The van der Waals surface area contributed by atoms with E-state index in [-0.39, 0.29) is 11.8 Å². The number of amides is 2. The van der Waals surface area contributed by atoms with Crippen LogP contribution in [0.15, 0.2) is 30.6 Å². The lowest BCUT2D eigenvalue weighted by Gasteiger charge is -2.07. The number of carbonyl (C=O) groups is 2. The molecular weight excluding hydrogens is 276 g/mol. The summed E-state index contributed by atoms with van der Waals surface area (Å²) in [6.07, 6.45) is 3.81. The molecule has 2 aromatic heterocycles. The first kappa shape index (κ1) is 12.7. The molecule has 1 saturated heterocycles. The second kappa shape index (κ2) is 5.38. The summed E-state index contributed by atoms with van der Waals surface area (Å²) in [5.41, 5.74) is 0.732. The van der Waals surface area contributed by atoms with Crippen LogP contribution in [-0.4, -0.2) is 34.4 Å². The average molecular weight is 288 g/mol. The summed E-state index contributed by atoms with van der Waals surface area (Å²) in [4.78, 5) is 32.3. The van der Waals surface area contributed by atoms with Gasteiger partial charge in [0.2, 0.25) is 5.91 Å². The smallest absolute Gasteiger partial charge is 0.263 e. The Morgan fingerprint density at radius 2 is 2.30 bits per heavy atom. The molecule has 1 aliphatic heterocycles. The molecule has 2 amide bonds. The van der Waals surface area contributed by atoms with Gasteiger partial charge >= 0.3 is 0 Å². The van der Waals surface area contributed by atoms with E-state index in [0.717, 1.165) is 5.69 Å². The number of rotatable bonds is 3. The van der Waals surface area contributed by atoms with E-state index in [1.54, 1.807) is 6.20 Å². The molecule has 0 saturated carbocycles. The number of nitrogens with zero attached hydrogens (tertiary/aromatic N) is 2. The molecule has 1 aliphatic rings. The summed E-state index contributed by atoms with van der Waals surface area (Å²) in [5.74, 6) is -0.403. The van der Waals surface area contributed by atoms with E-state index in [1.165, 1.54) is 17.5 Å². The lowest BCUT2D eigenvalue weighted by atomic mass is 10.2. The van der Waals surface area contributed by atoms with Crippen LogP contribution in [0.3, 0.4) is 0 Å². The minimum Gasteiger partial charge on any atom is -0.354 e. The number of carbonyl (C=O) groups excluding carboxylic acids is 2. The molecule has 2 N–H and O–H groups in total.